The van der Waals surface area contributed by atoms with Crippen LogP contribution in [0, 0.1) is 0 Å². The molecule has 1 amide bonds. The number of amides is 1. The number of rotatable bonds is 6. The number of ether oxygens (including phenoxy) is 1. The zero-order valence-corrected chi connectivity index (χ0v) is 17.0. The van der Waals surface area contributed by atoms with Crippen LogP contribution < -0.4 is 4.74 Å². The van der Waals surface area contributed by atoms with Crippen molar-refractivity contribution in [1.82, 2.24) is 24.2 Å². The molecule has 0 aliphatic carbocycles. The molecule has 7 nitrogen and oxygen atoms in total. The lowest BCUT2D eigenvalue weighted by molar-refractivity contribution is 0.0630. The van der Waals surface area contributed by atoms with Gasteiger partial charge in [0.25, 0.3) is 5.91 Å². The first kappa shape index (κ1) is 19.4. The summed E-state index contributed by atoms with van der Waals surface area (Å²) in [5, 5.41) is 0. The standard InChI is InChI=1S/C22H27N5O2/c1-3-4-10-25-12-14-26(15-13-25)22(28)19-16-27-11-9-23-20(21(27)24-19)17-5-7-18(29-2)8-6-17/h5-9,11,16H,3-4,10,12-15H2,1-2H3. The highest BCUT2D eigenvalue weighted by Crippen LogP contribution is 2.24. The van der Waals surface area contributed by atoms with Crippen LogP contribution in [0.4, 0.5) is 0 Å². The Kier molecular flexibility index (Phi) is 5.76. The van der Waals surface area contributed by atoms with Crippen molar-refractivity contribution < 1.29 is 9.53 Å². The molecule has 1 aromatic carbocycles. The maximum Gasteiger partial charge on any atom is 0.274 e. The van der Waals surface area contributed by atoms with Crippen LogP contribution in [0.5, 0.6) is 5.75 Å². The molecule has 1 aliphatic heterocycles. The van der Waals surface area contributed by atoms with Crippen LogP contribution in [0.2, 0.25) is 0 Å². The van der Waals surface area contributed by atoms with Gasteiger partial charge in [-0.25, -0.2) is 4.98 Å². The van der Waals surface area contributed by atoms with Gasteiger partial charge in [0.1, 0.15) is 17.1 Å². The Morgan fingerprint density at radius 3 is 2.59 bits per heavy atom. The minimum atomic E-state index is -0.00970. The van der Waals surface area contributed by atoms with Crippen molar-refractivity contribution in [3.05, 3.63) is 48.5 Å². The van der Waals surface area contributed by atoms with E-state index in [1.54, 1.807) is 19.5 Å². The topological polar surface area (TPSA) is 63.0 Å². The molecule has 0 atom stereocenters. The molecule has 0 bridgehead atoms. The first-order valence-electron chi connectivity index (χ1n) is 10.2. The van der Waals surface area contributed by atoms with Crippen molar-refractivity contribution in [2.45, 2.75) is 19.8 Å². The third kappa shape index (κ3) is 4.10. The van der Waals surface area contributed by atoms with Gasteiger partial charge in [0, 0.05) is 50.3 Å². The van der Waals surface area contributed by atoms with E-state index >= 15 is 0 Å². The summed E-state index contributed by atoms with van der Waals surface area (Å²) >= 11 is 0. The van der Waals surface area contributed by atoms with Gasteiger partial charge in [0.05, 0.1) is 7.11 Å². The van der Waals surface area contributed by atoms with Crippen molar-refractivity contribution in [1.29, 1.82) is 0 Å². The summed E-state index contributed by atoms with van der Waals surface area (Å²) in [7, 11) is 1.64. The van der Waals surface area contributed by atoms with Gasteiger partial charge >= 0.3 is 0 Å². The molecule has 2 aromatic heterocycles. The smallest absolute Gasteiger partial charge is 0.274 e. The van der Waals surface area contributed by atoms with E-state index in [2.05, 4.69) is 21.8 Å². The lowest BCUT2D eigenvalue weighted by atomic mass is 10.1. The molecule has 0 N–H and O–H groups in total. The average Bonchev–Trinajstić information content (AvgIpc) is 3.22. The number of nitrogens with zero attached hydrogens (tertiary/aromatic N) is 5. The number of hydrogen-bond acceptors (Lipinski definition) is 5. The van der Waals surface area contributed by atoms with Gasteiger partial charge in [0.15, 0.2) is 5.65 Å². The molecule has 1 fully saturated rings. The summed E-state index contributed by atoms with van der Waals surface area (Å²) in [6.07, 6.45) is 7.77. The second-order valence-corrected chi connectivity index (χ2v) is 7.35. The Morgan fingerprint density at radius 1 is 1.14 bits per heavy atom. The minimum Gasteiger partial charge on any atom is -0.497 e. The van der Waals surface area contributed by atoms with Crippen molar-refractivity contribution in [2.75, 3.05) is 39.8 Å². The van der Waals surface area contributed by atoms with Crippen LogP contribution in [0.25, 0.3) is 16.9 Å². The monoisotopic (exact) mass is 393 g/mol. The number of carbonyl (C=O) groups excluding carboxylic acids is 1. The maximum absolute atomic E-state index is 13.0. The van der Waals surface area contributed by atoms with Crippen LogP contribution in [0.15, 0.2) is 42.9 Å². The van der Waals surface area contributed by atoms with Gasteiger partial charge < -0.3 is 14.0 Å². The molecule has 3 heterocycles. The number of carbonyl (C=O) groups is 1. The summed E-state index contributed by atoms with van der Waals surface area (Å²) in [5.74, 6) is 0.780. The highest BCUT2D eigenvalue weighted by Gasteiger charge is 2.24. The van der Waals surface area contributed by atoms with Crippen molar-refractivity contribution in [3.8, 4) is 17.0 Å². The lowest BCUT2D eigenvalue weighted by Crippen LogP contribution is -2.48. The Balaban J connectivity index is 1.54. The summed E-state index contributed by atoms with van der Waals surface area (Å²) < 4.78 is 7.10. The molecule has 0 spiro atoms. The molecular formula is C22H27N5O2. The van der Waals surface area contributed by atoms with Gasteiger partial charge in [0.2, 0.25) is 0 Å². The zero-order valence-electron chi connectivity index (χ0n) is 17.0. The molecule has 152 valence electrons. The Morgan fingerprint density at radius 2 is 1.90 bits per heavy atom. The van der Waals surface area contributed by atoms with Crippen LogP contribution in [0.3, 0.4) is 0 Å². The predicted octanol–water partition coefficient (Wildman–Crippen LogP) is 2.96. The quantitative estimate of drug-likeness (QED) is 0.644. The van der Waals surface area contributed by atoms with Gasteiger partial charge in [-0.15, -0.1) is 0 Å². The van der Waals surface area contributed by atoms with E-state index < -0.39 is 0 Å². The first-order chi connectivity index (χ1) is 14.2. The molecule has 1 saturated heterocycles. The Hall–Kier alpha value is -2.93. The van der Waals surface area contributed by atoms with Gasteiger partial charge in [-0.2, -0.15) is 0 Å². The molecule has 0 saturated carbocycles. The summed E-state index contributed by atoms with van der Waals surface area (Å²) in [4.78, 5) is 26.5. The fraction of sp³-hybridized carbons (Fsp3) is 0.409. The van der Waals surface area contributed by atoms with Crippen LogP contribution in [-0.4, -0.2) is 69.9 Å². The van der Waals surface area contributed by atoms with E-state index in [0.29, 0.717) is 11.3 Å². The van der Waals surface area contributed by atoms with E-state index in [1.807, 2.05) is 39.8 Å². The van der Waals surface area contributed by atoms with Gasteiger partial charge in [-0.1, -0.05) is 13.3 Å². The number of benzene rings is 1. The number of unbranched alkanes of at least 4 members (excludes halogenated alkanes) is 1. The minimum absolute atomic E-state index is 0.00970. The Labute approximate surface area is 170 Å². The zero-order chi connectivity index (χ0) is 20.2. The van der Waals surface area contributed by atoms with Gasteiger partial charge in [-0.3, -0.25) is 14.7 Å². The van der Waals surface area contributed by atoms with Crippen molar-refractivity contribution in [2.24, 2.45) is 0 Å². The van der Waals surface area contributed by atoms with Gasteiger partial charge in [-0.05, 0) is 37.2 Å². The fourth-order valence-corrected chi connectivity index (χ4v) is 3.69. The molecular weight excluding hydrogens is 366 g/mol. The van der Waals surface area contributed by atoms with Crippen molar-refractivity contribution in [3.63, 3.8) is 0 Å². The van der Waals surface area contributed by atoms with E-state index in [0.717, 1.165) is 49.7 Å². The SMILES string of the molecule is CCCCN1CCN(C(=O)c2cn3ccnc(-c4ccc(OC)cc4)c3n2)CC1. The second kappa shape index (κ2) is 8.61. The number of piperazine rings is 1. The summed E-state index contributed by atoms with van der Waals surface area (Å²) in [6.45, 7) is 6.68. The molecule has 0 radical (unpaired) electrons. The van der Waals surface area contributed by atoms with E-state index in [1.165, 1.54) is 12.8 Å². The first-order valence-corrected chi connectivity index (χ1v) is 10.2. The van der Waals surface area contributed by atoms with E-state index in [4.69, 9.17) is 4.74 Å². The van der Waals surface area contributed by atoms with E-state index in [-0.39, 0.29) is 5.91 Å². The molecule has 7 heteroatoms. The van der Waals surface area contributed by atoms with Crippen LogP contribution >= 0.6 is 0 Å². The van der Waals surface area contributed by atoms with Crippen molar-refractivity contribution >= 4 is 11.6 Å². The second-order valence-electron chi connectivity index (χ2n) is 7.35. The lowest BCUT2D eigenvalue weighted by Gasteiger charge is -2.34. The number of aromatic nitrogens is 3. The van der Waals surface area contributed by atoms with Crippen LogP contribution in [-0.2, 0) is 0 Å². The maximum atomic E-state index is 13.0. The fourth-order valence-electron chi connectivity index (χ4n) is 3.69. The molecule has 0 unspecified atom stereocenters. The summed E-state index contributed by atoms with van der Waals surface area (Å²) in [5.41, 5.74) is 2.83. The molecule has 3 aromatic rings. The highest BCUT2D eigenvalue weighted by atomic mass is 16.5. The molecule has 29 heavy (non-hydrogen) atoms. The summed E-state index contributed by atoms with van der Waals surface area (Å²) in [6, 6.07) is 7.70. The van der Waals surface area contributed by atoms with E-state index in [9.17, 15) is 4.79 Å². The van der Waals surface area contributed by atoms with Crippen LogP contribution in [0.1, 0.15) is 30.3 Å². The number of fused-ring (bicyclic) bond motifs is 1. The number of imidazole rings is 1. The normalized spacial score (nSPS) is 15.0. The molecule has 4 rings (SSSR count). The number of methoxy groups -OCH3 is 1. The molecule has 1 aliphatic rings. The largest absolute Gasteiger partial charge is 0.497 e. The number of hydrogen-bond donors (Lipinski definition) is 0. The third-order valence-corrected chi connectivity index (χ3v) is 5.44. The highest BCUT2D eigenvalue weighted by molar-refractivity contribution is 5.93. The predicted molar refractivity (Wildman–Crippen MR) is 112 cm³/mol. The third-order valence-electron chi connectivity index (χ3n) is 5.44. The average molecular weight is 393 g/mol. The Bertz CT molecular complexity index is 975.